The Morgan fingerprint density at radius 2 is 1.53 bits per heavy atom. The van der Waals surface area contributed by atoms with Gasteiger partial charge in [-0.15, -0.1) is 0 Å². The van der Waals surface area contributed by atoms with E-state index in [0.717, 1.165) is 21.4 Å². The van der Waals surface area contributed by atoms with Gasteiger partial charge in [-0.05, 0) is 67.8 Å². The van der Waals surface area contributed by atoms with Crippen molar-refractivity contribution in [3.05, 3.63) is 57.1 Å². The van der Waals surface area contributed by atoms with E-state index in [1.54, 1.807) is 0 Å². The Bertz CT molecular complexity index is 646. The molecule has 0 heterocycles. The third kappa shape index (κ3) is 2.97. The summed E-state index contributed by atoms with van der Waals surface area (Å²) < 4.78 is 1.15. The van der Waals surface area contributed by atoms with Crippen molar-refractivity contribution in [1.82, 2.24) is 0 Å². The topological polar surface area (TPSA) is 35.8 Å². The average molecular weight is 315 g/mol. The molecule has 0 saturated carbocycles. The Balaban J connectivity index is 2.32. The number of aryl methyl sites for hydroxylation is 3. The van der Waals surface area contributed by atoms with Crippen LogP contribution < -0.4 is 5.32 Å². The van der Waals surface area contributed by atoms with Gasteiger partial charge in [0.05, 0.1) is 11.6 Å². The fourth-order valence-electron chi connectivity index (χ4n) is 2.05. The minimum Gasteiger partial charge on any atom is -0.356 e. The van der Waals surface area contributed by atoms with E-state index < -0.39 is 0 Å². The second-order valence-electron chi connectivity index (χ2n) is 4.69. The molecule has 0 aliphatic rings. The molecule has 0 aliphatic carbocycles. The minimum atomic E-state index is 0.716. The number of hydrogen-bond acceptors (Lipinski definition) is 2. The molecular formula is C16H15BrN2. The van der Waals surface area contributed by atoms with Crippen LogP contribution in [0.3, 0.4) is 0 Å². The third-order valence-electron chi connectivity index (χ3n) is 3.07. The summed E-state index contributed by atoms with van der Waals surface area (Å²) in [6.07, 6.45) is 0. The molecule has 2 rings (SSSR count). The van der Waals surface area contributed by atoms with Crippen LogP contribution in [-0.2, 0) is 0 Å². The fraction of sp³-hybridized carbons (Fsp3) is 0.188. The van der Waals surface area contributed by atoms with E-state index in [1.165, 1.54) is 11.1 Å². The number of anilines is 2. The van der Waals surface area contributed by atoms with Gasteiger partial charge in [0, 0.05) is 15.8 Å². The monoisotopic (exact) mass is 314 g/mol. The van der Waals surface area contributed by atoms with Gasteiger partial charge in [-0.2, -0.15) is 5.26 Å². The van der Waals surface area contributed by atoms with Crippen molar-refractivity contribution in [2.75, 3.05) is 5.32 Å². The maximum Gasteiger partial charge on any atom is 0.0994 e. The SMILES string of the molecule is Cc1cc(Nc2cc(C)c(Br)c(C)c2)ccc1C#N. The summed E-state index contributed by atoms with van der Waals surface area (Å²) >= 11 is 3.57. The largest absolute Gasteiger partial charge is 0.356 e. The number of benzene rings is 2. The number of nitrogens with one attached hydrogen (secondary N) is 1. The van der Waals surface area contributed by atoms with Crippen LogP contribution in [-0.4, -0.2) is 0 Å². The van der Waals surface area contributed by atoms with Crippen LogP contribution in [0, 0.1) is 32.1 Å². The second-order valence-corrected chi connectivity index (χ2v) is 5.48. The summed E-state index contributed by atoms with van der Waals surface area (Å²) in [5.74, 6) is 0. The predicted molar refractivity (Wildman–Crippen MR) is 82.8 cm³/mol. The highest BCUT2D eigenvalue weighted by Crippen LogP contribution is 2.27. The van der Waals surface area contributed by atoms with Crippen LogP contribution in [0.5, 0.6) is 0 Å². The summed E-state index contributed by atoms with van der Waals surface area (Å²) in [5, 5.41) is 12.3. The quantitative estimate of drug-likeness (QED) is 0.847. The van der Waals surface area contributed by atoms with Gasteiger partial charge in [0.15, 0.2) is 0 Å². The summed E-state index contributed by atoms with van der Waals surface area (Å²) in [6, 6.07) is 12.1. The van der Waals surface area contributed by atoms with E-state index in [0.29, 0.717) is 5.56 Å². The van der Waals surface area contributed by atoms with Crippen LogP contribution >= 0.6 is 15.9 Å². The Kier molecular flexibility index (Phi) is 3.92. The highest BCUT2D eigenvalue weighted by atomic mass is 79.9. The molecule has 3 heteroatoms. The highest BCUT2D eigenvalue weighted by Gasteiger charge is 2.04. The summed E-state index contributed by atoms with van der Waals surface area (Å²) in [7, 11) is 0. The van der Waals surface area contributed by atoms with Gasteiger partial charge in [-0.3, -0.25) is 0 Å². The molecule has 0 aromatic heterocycles. The van der Waals surface area contributed by atoms with E-state index in [2.05, 4.69) is 53.3 Å². The molecule has 0 unspecified atom stereocenters. The van der Waals surface area contributed by atoms with Crippen molar-refractivity contribution in [2.24, 2.45) is 0 Å². The zero-order valence-corrected chi connectivity index (χ0v) is 12.8. The van der Waals surface area contributed by atoms with Crippen molar-refractivity contribution in [3.63, 3.8) is 0 Å². The Labute approximate surface area is 122 Å². The first-order valence-electron chi connectivity index (χ1n) is 6.06. The summed E-state index contributed by atoms with van der Waals surface area (Å²) in [6.45, 7) is 6.10. The molecule has 2 nitrogen and oxygen atoms in total. The number of nitrogens with zero attached hydrogens (tertiary/aromatic N) is 1. The van der Waals surface area contributed by atoms with Gasteiger partial charge in [-0.1, -0.05) is 15.9 Å². The molecule has 1 N–H and O–H groups in total. The van der Waals surface area contributed by atoms with Crippen LogP contribution in [0.4, 0.5) is 11.4 Å². The smallest absolute Gasteiger partial charge is 0.0994 e. The highest BCUT2D eigenvalue weighted by molar-refractivity contribution is 9.10. The van der Waals surface area contributed by atoms with Gasteiger partial charge in [0.1, 0.15) is 0 Å². The molecule has 0 aliphatic heterocycles. The van der Waals surface area contributed by atoms with Gasteiger partial charge < -0.3 is 5.32 Å². The number of rotatable bonds is 2. The van der Waals surface area contributed by atoms with Crippen LogP contribution in [0.15, 0.2) is 34.8 Å². The summed E-state index contributed by atoms with van der Waals surface area (Å²) in [4.78, 5) is 0. The first kappa shape index (κ1) is 13.6. The van der Waals surface area contributed by atoms with Crippen molar-refractivity contribution in [3.8, 4) is 6.07 Å². The summed E-state index contributed by atoms with van der Waals surface area (Å²) in [5.41, 5.74) is 6.16. The standard InChI is InChI=1S/C16H15BrN2/c1-10-6-14(5-4-13(10)9-18)19-15-7-11(2)16(17)12(3)8-15/h4-8,19H,1-3H3. The minimum absolute atomic E-state index is 0.716. The van der Waals surface area contributed by atoms with Crippen LogP contribution in [0.25, 0.3) is 0 Å². The molecular weight excluding hydrogens is 300 g/mol. The van der Waals surface area contributed by atoms with Gasteiger partial charge >= 0.3 is 0 Å². The third-order valence-corrected chi connectivity index (χ3v) is 4.32. The molecule has 19 heavy (non-hydrogen) atoms. The van der Waals surface area contributed by atoms with Gasteiger partial charge in [0.25, 0.3) is 0 Å². The number of nitriles is 1. The first-order chi connectivity index (χ1) is 9.01. The van der Waals surface area contributed by atoms with Crippen molar-refractivity contribution >= 4 is 27.3 Å². The van der Waals surface area contributed by atoms with Crippen molar-refractivity contribution in [1.29, 1.82) is 5.26 Å². The van der Waals surface area contributed by atoms with Crippen LogP contribution in [0.2, 0.25) is 0 Å². The Morgan fingerprint density at radius 1 is 0.947 bits per heavy atom. The van der Waals surface area contributed by atoms with Crippen LogP contribution in [0.1, 0.15) is 22.3 Å². The lowest BCUT2D eigenvalue weighted by Crippen LogP contribution is -1.94. The Hall–Kier alpha value is -1.79. The molecule has 0 amide bonds. The zero-order valence-electron chi connectivity index (χ0n) is 11.2. The average Bonchev–Trinajstić information content (AvgIpc) is 2.36. The molecule has 0 fully saturated rings. The number of hydrogen-bond donors (Lipinski definition) is 1. The fourth-order valence-corrected chi connectivity index (χ4v) is 2.28. The molecule has 0 radical (unpaired) electrons. The van der Waals surface area contributed by atoms with E-state index >= 15 is 0 Å². The molecule has 0 saturated heterocycles. The maximum absolute atomic E-state index is 8.93. The second kappa shape index (κ2) is 5.46. The zero-order chi connectivity index (χ0) is 14.0. The van der Waals surface area contributed by atoms with Crippen molar-refractivity contribution < 1.29 is 0 Å². The lowest BCUT2D eigenvalue weighted by atomic mass is 10.1. The lowest BCUT2D eigenvalue weighted by molar-refractivity contribution is 1.33. The number of halogens is 1. The van der Waals surface area contributed by atoms with E-state index in [4.69, 9.17) is 5.26 Å². The Morgan fingerprint density at radius 3 is 2.05 bits per heavy atom. The predicted octanol–water partition coefficient (Wildman–Crippen LogP) is 4.99. The van der Waals surface area contributed by atoms with Gasteiger partial charge in [0.2, 0.25) is 0 Å². The van der Waals surface area contributed by atoms with E-state index in [-0.39, 0.29) is 0 Å². The molecule has 0 bridgehead atoms. The van der Waals surface area contributed by atoms with E-state index in [9.17, 15) is 0 Å². The normalized spacial score (nSPS) is 10.1. The molecule has 96 valence electrons. The molecule has 0 spiro atoms. The van der Waals surface area contributed by atoms with E-state index in [1.807, 2.05) is 25.1 Å². The molecule has 2 aromatic carbocycles. The lowest BCUT2D eigenvalue weighted by Gasteiger charge is -2.11. The first-order valence-corrected chi connectivity index (χ1v) is 6.85. The molecule has 2 aromatic rings. The molecule has 0 atom stereocenters. The van der Waals surface area contributed by atoms with Gasteiger partial charge in [-0.25, -0.2) is 0 Å². The van der Waals surface area contributed by atoms with Crippen molar-refractivity contribution in [2.45, 2.75) is 20.8 Å². The maximum atomic E-state index is 8.93.